The van der Waals surface area contributed by atoms with Crippen molar-refractivity contribution in [3.05, 3.63) is 36.1 Å². The van der Waals surface area contributed by atoms with Gasteiger partial charge in [0.25, 0.3) is 5.91 Å². The van der Waals surface area contributed by atoms with Gasteiger partial charge in [0, 0.05) is 42.4 Å². The fourth-order valence-electron chi connectivity index (χ4n) is 5.06. The number of hydrogen-bond donors (Lipinski definition) is 1. The van der Waals surface area contributed by atoms with Crippen LogP contribution in [0.25, 0.3) is 5.65 Å². The zero-order chi connectivity index (χ0) is 20.2. The second-order valence-electron chi connectivity index (χ2n) is 8.62. The van der Waals surface area contributed by atoms with Gasteiger partial charge >= 0.3 is 0 Å². The number of anilines is 1. The maximum absolute atomic E-state index is 14.4. The van der Waals surface area contributed by atoms with Gasteiger partial charge in [-0.05, 0) is 38.7 Å². The van der Waals surface area contributed by atoms with E-state index in [0.29, 0.717) is 17.6 Å². The molecule has 2 aromatic rings. The number of hydrogen-bond acceptors (Lipinski definition) is 5. The maximum Gasteiger partial charge on any atom is 0.256 e. The van der Waals surface area contributed by atoms with Crippen molar-refractivity contribution in [2.75, 3.05) is 11.4 Å². The van der Waals surface area contributed by atoms with E-state index in [4.69, 9.17) is 4.98 Å². The number of carbonyl (C=O) groups is 1. The summed E-state index contributed by atoms with van der Waals surface area (Å²) in [4.78, 5) is 24.4. The number of carbonyl (C=O) groups excluding carboxylic acids is 1. The minimum absolute atomic E-state index is 0.0382. The fourth-order valence-corrected chi connectivity index (χ4v) is 5.06. The molecule has 1 fully saturated rings. The summed E-state index contributed by atoms with van der Waals surface area (Å²) in [5.74, 6) is 0.460. The van der Waals surface area contributed by atoms with Crippen molar-refractivity contribution in [2.45, 2.75) is 58.0 Å². The van der Waals surface area contributed by atoms with Crippen LogP contribution in [0.2, 0.25) is 0 Å². The molecule has 8 heteroatoms. The fraction of sp³-hybridized carbons (Fsp3) is 0.524. The van der Waals surface area contributed by atoms with E-state index >= 15 is 0 Å². The monoisotopic (exact) mass is 396 g/mol. The predicted molar refractivity (Wildman–Crippen MR) is 109 cm³/mol. The molecule has 29 heavy (non-hydrogen) atoms. The summed E-state index contributed by atoms with van der Waals surface area (Å²) >= 11 is 0. The van der Waals surface area contributed by atoms with Crippen LogP contribution in [-0.2, 0) is 0 Å². The van der Waals surface area contributed by atoms with Crippen LogP contribution in [-0.4, -0.2) is 44.8 Å². The van der Waals surface area contributed by atoms with Crippen LogP contribution in [0, 0.1) is 5.41 Å². The van der Waals surface area contributed by atoms with Gasteiger partial charge in [-0.15, -0.1) is 0 Å². The standard InChI is InChI=1S/C21H25FN6O/c1-13-5-6-16-21(2,10-14(22)11-23-16)17-4-3-8-27(17)18-7-9-28-19(26-18)15(12-24-28)20(29)25-13/h7,9,11-13,17H,3-6,8,10H2,1-2H3,(H,25,29)/t13-,17-,21?/m1/s1. The van der Waals surface area contributed by atoms with E-state index in [2.05, 4.69) is 27.2 Å². The molecule has 0 aromatic carbocycles. The highest BCUT2D eigenvalue weighted by Gasteiger charge is 2.46. The Bertz CT molecular complexity index is 1040. The van der Waals surface area contributed by atoms with Crippen LogP contribution in [0.1, 0.15) is 56.3 Å². The smallest absolute Gasteiger partial charge is 0.256 e. The van der Waals surface area contributed by atoms with Crippen LogP contribution in [0.3, 0.4) is 0 Å². The Morgan fingerprint density at radius 1 is 1.34 bits per heavy atom. The molecule has 152 valence electrons. The molecular weight excluding hydrogens is 371 g/mol. The van der Waals surface area contributed by atoms with Crippen molar-refractivity contribution < 1.29 is 9.18 Å². The molecule has 2 aromatic heterocycles. The van der Waals surface area contributed by atoms with E-state index in [1.807, 2.05) is 19.2 Å². The number of halogens is 1. The number of nitrogens with zero attached hydrogens (tertiary/aromatic N) is 5. The zero-order valence-electron chi connectivity index (χ0n) is 16.7. The minimum atomic E-state index is -0.399. The van der Waals surface area contributed by atoms with Crippen LogP contribution in [0.5, 0.6) is 0 Å². The molecule has 3 aliphatic heterocycles. The Morgan fingerprint density at radius 3 is 3.07 bits per heavy atom. The largest absolute Gasteiger partial charge is 0.353 e. The van der Waals surface area contributed by atoms with Gasteiger partial charge in [0.05, 0.1) is 12.4 Å². The van der Waals surface area contributed by atoms with Gasteiger partial charge in [0.1, 0.15) is 17.2 Å². The van der Waals surface area contributed by atoms with E-state index in [9.17, 15) is 9.18 Å². The van der Waals surface area contributed by atoms with Gasteiger partial charge in [-0.1, -0.05) is 6.92 Å². The van der Waals surface area contributed by atoms with Gasteiger partial charge in [-0.2, -0.15) is 5.10 Å². The van der Waals surface area contributed by atoms with Crippen molar-refractivity contribution in [2.24, 2.45) is 10.4 Å². The van der Waals surface area contributed by atoms with E-state index < -0.39 is 5.41 Å². The summed E-state index contributed by atoms with van der Waals surface area (Å²) in [6.07, 6.45) is 8.58. The van der Waals surface area contributed by atoms with Crippen molar-refractivity contribution in [3.63, 3.8) is 0 Å². The van der Waals surface area contributed by atoms with E-state index in [0.717, 1.165) is 43.8 Å². The Labute approximate surface area is 168 Å². The van der Waals surface area contributed by atoms with Gasteiger partial charge in [-0.25, -0.2) is 13.9 Å². The van der Waals surface area contributed by atoms with Crippen LogP contribution >= 0.6 is 0 Å². The third-order valence-electron chi connectivity index (χ3n) is 6.63. The van der Waals surface area contributed by atoms with Gasteiger partial charge < -0.3 is 10.2 Å². The molecule has 2 bridgehead atoms. The maximum atomic E-state index is 14.4. The first-order valence-corrected chi connectivity index (χ1v) is 10.3. The highest BCUT2D eigenvalue weighted by atomic mass is 19.1. The highest BCUT2D eigenvalue weighted by molar-refractivity contribution is 6.00. The lowest BCUT2D eigenvalue weighted by atomic mass is 9.71. The van der Waals surface area contributed by atoms with Crippen LogP contribution in [0.15, 0.2) is 35.5 Å². The molecule has 1 unspecified atom stereocenters. The minimum Gasteiger partial charge on any atom is -0.353 e. The van der Waals surface area contributed by atoms with Crippen molar-refractivity contribution >= 4 is 23.1 Å². The lowest BCUT2D eigenvalue weighted by Crippen LogP contribution is -2.49. The van der Waals surface area contributed by atoms with E-state index in [-0.39, 0.29) is 23.8 Å². The summed E-state index contributed by atoms with van der Waals surface area (Å²) in [6.45, 7) is 4.97. The SMILES string of the molecule is C[C@@H]1CCC2=NC=C(F)CC2(C)[C@H]2CCCN2c2ccn3ncc(c3n2)C(=O)N1. The van der Waals surface area contributed by atoms with Crippen molar-refractivity contribution in [1.82, 2.24) is 19.9 Å². The van der Waals surface area contributed by atoms with E-state index in [1.165, 1.54) is 6.20 Å². The second kappa shape index (κ2) is 6.64. The number of aromatic nitrogens is 3. The average Bonchev–Trinajstić information content (AvgIpc) is 3.33. The lowest BCUT2D eigenvalue weighted by Gasteiger charge is -2.43. The molecule has 1 amide bonds. The second-order valence-corrected chi connectivity index (χ2v) is 8.62. The van der Waals surface area contributed by atoms with Gasteiger partial charge in [0.2, 0.25) is 0 Å². The average molecular weight is 396 g/mol. The normalized spacial score (nSPS) is 29.9. The number of amides is 1. The van der Waals surface area contributed by atoms with Gasteiger partial charge in [-0.3, -0.25) is 9.79 Å². The Hall–Kier alpha value is -2.77. The summed E-state index contributed by atoms with van der Waals surface area (Å²) in [6, 6.07) is 2.00. The lowest BCUT2D eigenvalue weighted by molar-refractivity contribution is 0.0940. The number of fused-ring (bicyclic) bond motifs is 5. The van der Waals surface area contributed by atoms with Crippen molar-refractivity contribution in [1.29, 1.82) is 0 Å². The quantitative estimate of drug-likeness (QED) is 0.742. The molecule has 0 spiro atoms. The third-order valence-corrected chi connectivity index (χ3v) is 6.63. The molecule has 0 saturated carbocycles. The number of rotatable bonds is 0. The molecule has 5 rings (SSSR count). The zero-order valence-corrected chi connectivity index (χ0v) is 16.7. The Kier molecular flexibility index (Phi) is 4.18. The number of allylic oxidation sites excluding steroid dienone is 1. The number of nitrogens with one attached hydrogen (secondary N) is 1. The molecule has 0 radical (unpaired) electrons. The van der Waals surface area contributed by atoms with Crippen LogP contribution < -0.4 is 10.2 Å². The Morgan fingerprint density at radius 2 is 2.21 bits per heavy atom. The summed E-state index contributed by atoms with van der Waals surface area (Å²) in [5, 5.41) is 7.33. The highest BCUT2D eigenvalue weighted by Crippen LogP contribution is 2.44. The van der Waals surface area contributed by atoms with E-state index in [1.54, 1.807) is 10.7 Å². The molecule has 1 N–H and O–H groups in total. The predicted octanol–water partition coefficient (Wildman–Crippen LogP) is 3.27. The molecular formula is C21H25FN6O. The first kappa shape index (κ1) is 18.3. The molecule has 5 heterocycles. The molecule has 3 atom stereocenters. The Balaban J connectivity index is 1.66. The third kappa shape index (κ3) is 2.92. The first-order chi connectivity index (χ1) is 14.0. The first-order valence-electron chi connectivity index (χ1n) is 10.3. The van der Waals surface area contributed by atoms with Gasteiger partial charge in [0.15, 0.2) is 5.65 Å². The molecule has 0 aliphatic carbocycles. The molecule has 1 saturated heterocycles. The summed E-state index contributed by atoms with van der Waals surface area (Å²) < 4.78 is 16.0. The molecule has 3 aliphatic rings. The van der Waals surface area contributed by atoms with Crippen molar-refractivity contribution in [3.8, 4) is 0 Å². The summed E-state index contributed by atoms with van der Waals surface area (Å²) in [5.41, 5.74) is 1.64. The number of aliphatic imine (C=N–C) groups is 1. The topological polar surface area (TPSA) is 74.9 Å². The van der Waals surface area contributed by atoms with Crippen LogP contribution in [0.4, 0.5) is 10.2 Å². The molecule has 7 nitrogen and oxygen atoms in total. The summed E-state index contributed by atoms with van der Waals surface area (Å²) in [7, 11) is 0.